The molecule has 3 rings (SSSR count). The highest BCUT2D eigenvalue weighted by Crippen LogP contribution is 2.21. The van der Waals surface area contributed by atoms with Crippen molar-refractivity contribution in [3.8, 4) is 5.69 Å². The number of nitrogens with one attached hydrogen (secondary N) is 1. The predicted octanol–water partition coefficient (Wildman–Crippen LogP) is 2.92. The van der Waals surface area contributed by atoms with Gasteiger partial charge in [-0.1, -0.05) is 29.3 Å². The molecule has 0 unspecified atom stereocenters. The summed E-state index contributed by atoms with van der Waals surface area (Å²) in [5.74, 6) is -0.411. The maximum absolute atomic E-state index is 12.3. The molecule has 0 saturated carbocycles. The molecule has 23 heavy (non-hydrogen) atoms. The molecule has 9 heteroatoms. The van der Waals surface area contributed by atoms with E-state index in [0.717, 1.165) is 5.56 Å². The lowest BCUT2D eigenvalue weighted by Crippen LogP contribution is -2.15. The van der Waals surface area contributed by atoms with Crippen molar-refractivity contribution in [2.75, 3.05) is 5.32 Å². The standard InChI is InChI=1S/C14H10Cl2N6O/c1-8-2-3-10(22-7-17-20-21-22)6-11(8)19-14(23)12-4-9(15)5-13(16)18-12/h2-7H,1H3,(H,19,23). The Kier molecular flexibility index (Phi) is 4.22. The van der Waals surface area contributed by atoms with E-state index in [4.69, 9.17) is 23.2 Å². The number of pyridine rings is 1. The SMILES string of the molecule is Cc1ccc(-n2cnnn2)cc1NC(=O)c1cc(Cl)cc(Cl)n1. The molecular formula is C14H10Cl2N6O. The largest absolute Gasteiger partial charge is 0.320 e. The fraction of sp³-hybridized carbons (Fsp3) is 0.0714. The summed E-state index contributed by atoms with van der Waals surface area (Å²) in [7, 11) is 0. The Morgan fingerprint density at radius 1 is 1.22 bits per heavy atom. The van der Waals surface area contributed by atoms with Crippen LogP contribution in [-0.4, -0.2) is 31.1 Å². The van der Waals surface area contributed by atoms with E-state index in [9.17, 15) is 4.79 Å². The average molecular weight is 349 g/mol. The average Bonchev–Trinajstić information content (AvgIpc) is 3.02. The summed E-state index contributed by atoms with van der Waals surface area (Å²) in [6.45, 7) is 1.87. The number of halogens is 2. The topological polar surface area (TPSA) is 85.6 Å². The van der Waals surface area contributed by atoms with E-state index >= 15 is 0 Å². The molecule has 7 nitrogen and oxygen atoms in total. The van der Waals surface area contributed by atoms with Gasteiger partial charge < -0.3 is 5.32 Å². The highest BCUT2D eigenvalue weighted by Gasteiger charge is 2.12. The highest BCUT2D eigenvalue weighted by molar-refractivity contribution is 6.34. The predicted molar refractivity (Wildman–Crippen MR) is 86.1 cm³/mol. The lowest BCUT2D eigenvalue weighted by atomic mass is 10.1. The lowest BCUT2D eigenvalue weighted by molar-refractivity contribution is 0.102. The number of tetrazole rings is 1. The fourth-order valence-electron chi connectivity index (χ4n) is 1.94. The quantitative estimate of drug-likeness (QED) is 0.735. The Hall–Kier alpha value is -2.51. The number of nitrogens with zero attached hydrogens (tertiary/aromatic N) is 5. The number of carbonyl (C=O) groups is 1. The van der Waals surface area contributed by atoms with Gasteiger partial charge in [-0.25, -0.2) is 9.67 Å². The maximum Gasteiger partial charge on any atom is 0.274 e. The summed E-state index contributed by atoms with van der Waals surface area (Å²) in [5.41, 5.74) is 2.34. The minimum absolute atomic E-state index is 0.134. The van der Waals surface area contributed by atoms with Gasteiger partial charge in [0.15, 0.2) is 0 Å². The molecule has 1 aromatic carbocycles. The minimum Gasteiger partial charge on any atom is -0.320 e. The van der Waals surface area contributed by atoms with Gasteiger partial charge in [-0.2, -0.15) is 0 Å². The number of hydrogen-bond acceptors (Lipinski definition) is 5. The van der Waals surface area contributed by atoms with Gasteiger partial charge in [0.25, 0.3) is 5.91 Å². The zero-order valence-electron chi connectivity index (χ0n) is 11.9. The summed E-state index contributed by atoms with van der Waals surface area (Å²) in [6.07, 6.45) is 1.47. The van der Waals surface area contributed by atoms with Crippen LogP contribution >= 0.6 is 23.2 Å². The number of carbonyl (C=O) groups excluding carboxylic acids is 1. The van der Waals surface area contributed by atoms with Crippen LogP contribution in [0.3, 0.4) is 0 Å². The molecule has 0 aliphatic carbocycles. The van der Waals surface area contributed by atoms with Crippen molar-refractivity contribution in [3.05, 3.63) is 58.1 Å². The minimum atomic E-state index is -0.411. The molecule has 1 amide bonds. The maximum atomic E-state index is 12.3. The third kappa shape index (κ3) is 3.46. The molecule has 2 aromatic heterocycles. The molecule has 116 valence electrons. The summed E-state index contributed by atoms with van der Waals surface area (Å²) < 4.78 is 1.49. The molecule has 1 N–H and O–H groups in total. The van der Waals surface area contributed by atoms with Gasteiger partial charge >= 0.3 is 0 Å². The van der Waals surface area contributed by atoms with Crippen molar-refractivity contribution in [2.24, 2.45) is 0 Å². The second kappa shape index (κ2) is 6.31. The monoisotopic (exact) mass is 348 g/mol. The van der Waals surface area contributed by atoms with Crippen molar-refractivity contribution in [3.63, 3.8) is 0 Å². The molecule has 3 aromatic rings. The fourth-order valence-corrected chi connectivity index (χ4v) is 2.41. The van der Waals surface area contributed by atoms with Crippen LogP contribution in [-0.2, 0) is 0 Å². The van der Waals surface area contributed by atoms with Crippen molar-refractivity contribution >= 4 is 34.8 Å². The summed E-state index contributed by atoms with van der Waals surface area (Å²) >= 11 is 11.7. The molecule has 0 aliphatic heterocycles. The Balaban J connectivity index is 1.90. The van der Waals surface area contributed by atoms with E-state index in [-0.39, 0.29) is 10.8 Å². The number of aryl methyl sites for hydroxylation is 1. The number of amides is 1. The van der Waals surface area contributed by atoms with Crippen LogP contribution in [0.2, 0.25) is 10.2 Å². The molecule has 0 bridgehead atoms. The van der Waals surface area contributed by atoms with Gasteiger partial charge in [-0.15, -0.1) is 5.10 Å². The van der Waals surface area contributed by atoms with Crippen LogP contribution in [0.25, 0.3) is 5.69 Å². The number of anilines is 1. The Bertz CT molecular complexity index is 845. The van der Waals surface area contributed by atoms with Gasteiger partial charge in [-0.05, 0) is 47.2 Å². The smallest absolute Gasteiger partial charge is 0.274 e. The number of rotatable bonds is 3. The molecule has 0 radical (unpaired) electrons. The molecule has 0 spiro atoms. The van der Waals surface area contributed by atoms with E-state index in [1.807, 2.05) is 19.1 Å². The van der Waals surface area contributed by atoms with E-state index in [0.29, 0.717) is 16.4 Å². The first kappa shape index (κ1) is 15.4. The van der Waals surface area contributed by atoms with Crippen LogP contribution in [0.4, 0.5) is 5.69 Å². The number of hydrogen-bond donors (Lipinski definition) is 1. The normalized spacial score (nSPS) is 10.6. The first-order chi connectivity index (χ1) is 11.0. The zero-order chi connectivity index (χ0) is 16.4. The number of aromatic nitrogens is 5. The second-order valence-electron chi connectivity index (χ2n) is 4.70. The third-order valence-corrected chi connectivity index (χ3v) is 3.49. The van der Waals surface area contributed by atoms with Crippen molar-refractivity contribution in [2.45, 2.75) is 6.92 Å². The van der Waals surface area contributed by atoms with E-state index in [1.165, 1.54) is 23.1 Å². The first-order valence-electron chi connectivity index (χ1n) is 6.51. The molecule has 0 saturated heterocycles. The van der Waals surface area contributed by atoms with Crippen LogP contribution in [0.15, 0.2) is 36.7 Å². The lowest BCUT2D eigenvalue weighted by Gasteiger charge is -2.10. The van der Waals surface area contributed by atoms with Gasteiger partial charge in [0.2, 0.25) is 0 Å². The van der Waals surface area contributed by atoms with Gasteiger partial charge in [-0.3, -0.25) is 4.79 Å². The Morgan fingerprint density at radius 2 is 2.04 bits per heavy atom. The van der Waals surface area contributed by atoms with Gasteiger partial charge in [0.05, 0.1) is 5.69 Å². The van der Waals surface area contributed by atoms with E-state index < -0.39 is 5.91 Å². The van der Waals surface area contributed by atoms with Crippen LogP contribution in [0.5, 0.6) is 0 Å². The van der Waals surface area contributed by atoms with Crippen molar-refractivity contribution in [1.29, 1.82) is 0 Å². The summed E-state index contributed by atoms with van der Waals surface area (Å²) in [6, 6.07) is 8.36. The highest BCUT2D eigenvalue weighted by atomic mass is 35.5. The third-order valence-electron chi connectivity index (χ3n) is 3.07. The Morgan fingerprint density at radius 3 is 2.74 bits per heavy atom. The van der Waals surface area contributed by atoms with E-state index in [1.54, 1.807) is 6.07 Å². The van der Waals surface area contributed by atoms with Crippen molar-refractivity contribution < 1.29 is 4.79 Å². The summed E-state index contributed by atoms with van der Waals surface area (Å²) in [5, 5.41) is 14.3. The second-order valence-corrected chi connectivity index (χ2v) is 5.52. The molecule has 0 aliphatic rings. The Labute approximate surface area is 141 Å². The van der Waals surface area contributed by atoms with Crippen molar-refractivity contribution in [1.82, 2.24) is 25.2 Å². The zero-order valence-corrected chi connectivity index (χ0v) is 13.4. The summed E-state index contributed by atoms with van der Waals surface area (Å²) in [4.78, 5) is 16.3. The van der Waals surface area contributed by atoms with Crippen LogP contribution in [0.1, 0.15) is 16.1 Å². The van der Waals surface area contributed by atoms with Crippen LogP contribution in [0, 0.1) is 6.92 Å². The van der Waals surface area contributed by atoms with E-state index in [2.05, 4.69) is 25.8 Å². The molecule has 2 heterocycles. The van der Waals surface area contributed by atoms with Gasteiger partial charge in [0.1, 0.15) is 17.2 Å². The number of benzene rings is 1. The molecule has 0 fully saturated rings. The first-order valence-corrected chi connectivity index (χ1v) is 7.27. The van der Waals surface area contributed by atoms with Crippen LogP contribution < -0.4 is 5.32 Å². The van der Waals surface area contributed by atoms with Gasteiger partial charge in [0, 0.05) is 10.7 Å². The molecule has 0 atom stereocenters. The molecular weight excluding hydrogens is 339 g/mol.